The monoisotopic (exact) mass is 289 g/mol. The second kappa shape index (κ2) is 6.25. The van der Waals surface area contributed by atoms with Crippen molar-refractivity contribution in [3.05, 3.63) is 58.7 Å². The van der Waals surface area contributed by atoms with Crippen LogP contribution in [0.1, 0.15) is 37.1 Å². The average Bonchev–Trinajstić information content (AvgIpc) is 2.46. The Kier molecular flexibility index (Phi) is 4.63. The van der Waals surface area contributed by atoms with Gasteiger partial charge >= 0.3 is 0 Å². The molecule has 2 atom stereocenters. The minimum Gasteiger partial charge on any atom is -0.353 e. The third-order valence-electron chi connectivity index (χ3n) is 3.59. The van der Waals surface area contributed by atoms with Crippen molar-refractivity contribution in [2.45, 2.75) is 25.9 Å². The highest BCUT2D eigenvalue weighted by Gasteiger charge is 2.16. The summed E-state index contributed by atoms with van der Waals surface area (Å²) in [4.78, 5) is 6.53. The molecule has 2 aromatic rings. The molecule has 1 heterocycles. The molecule has 0 fully saturated rings. The molecule has 20 heavy (non-hydrogen) atoms. The molecule has 0 saturated carbocycles. The summed E-state index contributed by atoms with van der Waals surface area (Å²) in [6, 6.07) is 12.0. The van der Waals surface area contributed by atoms with Crippen LogP contribution in [0.2, 0.25) is 5.02 Å². The Morgan fingerprint density at radius 1 is 1.20 bits per heavy atom. The number of nitrogens with two attached hydrogens (primary N) is 1. The van der Waals surface area contributed by atoms with Gasteiger partial charge in [-0.2, -0.15) is 0 Å². The van der Waals surface area contributed by atoms with Crippen molar-refractivity contribution in [2.24, 2.45) is 5.73 Å². The van der Waals surface area contributed by atoms with Crippen LogP contribution in [0.3, 0.4) is 0 Å². The van der Waals surface area contributed by atoms with E-state index in [-0.39, 0.29) is 12.1 Å². The summed E-state index contributed by atoms with van der Waals surface area (Å²) >= 11 is 6.27. The van der Waals surface area contributed by atoms with Crippen molar-refractivity contribution in [3.63, 3.8) is 0 Å². The van der Waals surface area contributed by atoms with E-state index in [1.54, 1.807) is 6.20 Å². The highest BCUT2D eigenvalue weighted by molar-refractivity contribution is 6.31. The van der Waals surface area contributed by atoms with Crippen molar-refractivity contribution in [1.82, 2.24) is 4.98 Å². The van der Waals surface area contributed by atoms with E-state index in [0.29, 0.717) is 0 Å². The fourth-order valence-corrected chi connectivity index (χ4v) is 2.42. The number of pyridine rings is 1. The van der Waals surface area contributed by atoms with E-state index >= 15 is 0 Å². The van der Waals surface area contributed by atoms with E-state index in [9.17, 15) is 0 Å². The Balaban J connectivity index is 2.29. The molecule has 0 saturated heterocycles. The summed E-state index contributed by atoms with van der Waals surface area (Å²) in [7, 11) is 2.02. The molecule has 2 rings (SSSR count). The second-order valence-electron chi connectivity index (χ2n) is 5.04. The van der Waals surface area contributed by atoms with E-state index in [2.05, 4.69) is 16.8 Å². The number of nitrogens with zero attached hydrogens (tertiary/aromatic N) is 2. The maximum atomic E-state index is 6.27. The van der Waals surface area contributed by atoms with Gasteiger partial charge in [-0.25, -0.2) is 4.98 Å². The standard InChI is InChI=1S/C16H20ClN3/c1-11(18)13-8-9-19-16(10-13)20(3)12(2)14-6-4-5-7-15(14)17/h4-12H,18H2,1-3H3/t11-,12?/m1/s1. The number of rotatable bonds is 4. The van der Waals surface area contributed by atoms with Gasteiger partial charge < -0.3 is 10.6 Å². The summed E-state index contributed by atoms with van der Waals surface area (Å²) < 4.78 is 0. The first-order valence-electron chi connectivity index (χ1n) is 6.69. The first-order chi connectivity index (χ1) is 9.50. The molecule has 0 aliphatic carbocycles. The summed E-state index contributed by atoms with van der Waals surface area (Å²) in [6.07, 6.45) is 1.80. The number of hydrogen-bond donors (Lipinski definition) is 1. The molecule has 0 bridgehead atoms. The van der Waals surface area contributed by atoms with Gasteiger partial charge in [0.25, 0.3) is 0 Å². The molecule has 1 unspecified atom stereocenters. The van der Waals surface area contributed by atoms with E-state index in [1.165, 1.54) is 0 Å². The van der Waals surface area contributed by atoms with Gasteiger partial charge in [-0.3, -0.25) is 0 Å². The van der Waals surface area contributed by atoms with Crippen molar-refractivity contribution in [2.75, 3.05) is 11.9 Å². The first-order valence-corrected chi connectivity index (χ1v) is 7.07. The Morgan fingerprint density at radius 2 is 1.90 bits per heavy atom. The van der Waals surface area contributed by atoms with Crippen molar-refractivity contribution in [3.8, 4) is 0 Å². The lowest BCUT2D eigenvalue weighted by Crippen LogP contribution is -2.23. The maximum Gasteiger partial charge on any atom is 0.129 e. The van der Waals surface area contributed by atoms with Gasteiger partial charge in [0.2, 0.25) is 0 Å². The number of benzene rings is 1. The molecule has 1 aromatic heterocycles. The van der Waals surface area contributed by atoms with E-state index in [1.807, 2.05) is 50.4 Å². The molecule has 2 N–H and O–H groups in total. The SMILES string of the molecule is CC(c1ccccc1Cl)N(C)c1cc([C@@H](C)N)ccn1. The molecule has 1 aromatic carbocycles. The van der Waals surface area contributed by atoms with Crippen LogP contribution >= 0.6 is 11.6 Å². The zero-order chi connectivity index (χ0) is 14.7. The van der Waals surface area contributed by atoms with Gasteiger partial charge in [0.05, 0.1) is 6.04 Å². The second-order valence-corrected chi connectivity index (χ2v) is 5.45. The van der Waals surface area contributed by atoms with Gasteiger partial charge in [0, 0.05) is 24.3 Å². The van der Waals surface area contributed by atoms with Crippen LogP contribution in [0.4, 0.5) is 5.82 Å². The summed E-state index contributed by atoms with van der Waals surface area (Å²) in [5.74, 6) is 0.896. The highest BCUT2D eigenvalue weighted by Crippen LogP contribution is 2.29. The van der Waals surface area contributed by atoms with Gasteiger partial charge in [0.15, 0.2) is 0 Å². The number of anilines is 1. The third-order valence-corrected chi connectivity index (χ3v) is 3.94. The highest BCUT2D eigenvalue weighted by atomic mass is 35.5. The Bertz CT molecular complexity index is 583. The zero-order valence-corrected chi connectivity index (χ0v) is 12.8. The van der Waals surface area contributed by atoms with Crippen LogP contribution in [-0.4, -0.2) is 12.0 Å². The molecule has 0 aliphatic rings. The smallest absolute Gasteiger partial charge is 0.129 e. The molecule has 0 spiro atoms. The fraction of sp³-hybridized carbons (Fsp3) is 0.312. The topological polar surface area (TPSA) is 42.1 Å². The molecule has 0 amide bonds. The van der Waals surface area contributed by atoms with Crippen LogP contribution < -0.4 is 10.6 Å². The van der Waals surface area contributed by atoms with Gasteiger partial charge in [-0.1, -0.05) is 29.8 Å². The lowest BCUT2D eigenvalue weighted by Gasteiger charge is -2.27. The normalized spacial score (nSPS) is 13.8. The quantitative estimate of drug-likeness (QED) is 0.926. The Hall–Kier alpha value is -1.58. The molecule has 106 valence electrons. The zero-order valence-electron chi connectivity index (χ0n) is 12.0. The van der Waals surface area contributed by atoms with Gasteiger partial charge in [-0.05, 0) is 43.2 Å². The van der Waals surface area contributed by atoms with E-state index in [0.717, 1.165) is 22.0 Å². The summed E-state index contributed by atoms with van der Waals surface area (Å²) in [6.45, 7) is 4.08. The number of halogens is 1. The van der Waals surface area contributed by atoms with Crippen molar-refractivity contribution >= 4 is 17.4 Å². The van der Waals surface area contributed by atoms with Crippen LogP contribution in [0, 0.1) is 0 Å². The lowest BCUT2D eigenvalue weighted by molar-refractivity contribution is 0.725. The summed E-state index contributed by atoms with van der Waals surface area (Å²) in [5.41, 5.74) is 8.09. The van der Waals surface area contributed by atoms with Crippen LogP contribution in [0.15, 0.2) is 42.6 Å². The van der Waals surface area contributed by atoms with Gasteiger partial charge in [-0.15, -0.1) is 0 Å². The minimum atomic E-state index is 0.000712. The average molecular weight is 290 g/mol. The van der Waals surface area contributed by atoms with E-state index < -0.39 is 0 Å². The molecule has 4 heteroatoms. The molecular formula is C16H20ClN3. The first kappa shape index (κ1) is 14.8. The predicted molar refractivity (Wildman–Crippen MR) is 85.1 cm³/mol. The van der Waals surface area contributed by atoms with Gasteiger partial charge in [0.1, 0.15) is 5.82 Å². The fourth-order valence-electron chi connectivity index (χ4n) is 2.13. The van der Waals surface area contributed by atoms with E-state index in [4.69, 9.17) is 17.3 Å². The van der Waals surface area contributed by atoms with Crippen LogP contribution in [0.5, 0.6) is 0 Å². The Labute approximate surface area is 125 Å². The maximum absolute atomic E-state index is 6.27. The molecule has 0 radical (unpaired) electrons. The Morgan fingerprint density at radius 3 is 2.55 bits per heavy atom. The number of hydrogen-bond acceptors (Lipinski definition) is 3. The molecule has 3 nitrogen and oxygen atoms in total. The van der Waals surface area contributed by atoms with Crippen molar-refractivity contribution in [1.29, 1.82) is 0 Å². The minimum absolute atomic E-state index is 0.000712. The molecular weight excluding hydrogens is 270 g/mol. The lowest BCUT2D eigenvalue weighted by atomic mass is 10.1. The molecule has 0 aliphatic heterocycles. The largest absolute Gasteiger partial charge is 0.353 e. The van der Waals surface area contributed by atoms with Crippen LogP contribution in [-0.2, 0) is 0 Å². The predicted octanol–water partition coefficient (Wildman–Crippen LogP) is 3.95. The van der Waals surface area contributed by atoms with Crippen molar-refractivity contribution < 1.29 is 0 Å². The third kappa shape index (κ3) is 3.11. The number of aromatic nitrogens is 1. The van der Waals surface area contributed by atoms with Crippen LogP contribution in [0.25, 0.3) is 0 Å². The summed E-state index contributed by atoms with van der Waals surface area (Å²) in [5, 5.41) is 0.773.